The minimum Gasteiger partial charge on any atom is -0.300 e. The van der Waals surface area contributed by atoms with Gasteiger partial charge in [0.05, 0.1) is 0 Å². The molecule has 1 aliphatic carbocycles. The zero-order chi connectivity index (χ0) is 12.0. The van der Waals surface area contributed by atoms with E-state index in [1.807, 2.05) is 0 Å². The van der Waals surface area contributed by atoms with E-state index in [0.29, 0.717) is 12.2 Å². The van der Waals surface area contributed by atoms with Crippen LogP contribution in [0.1, 0.15) is 65.2 Å². The second kappa shape index (κ2) is 6.82. The Kier molecular flexibility index (Phi) is 5.72. The lowest BCUT2D eigenvalue weighted by Gasteiger charge is -2.00. The van der Waals surface area contributed by atoms with Crippen molar-refractivity contribution in [2.75, 3.05) is 0 Å². The molecule has 0 aliphatic heterocycles. The smallest absolute Gasteiger partial charge is 0.136 e. The fourth-order valence-electron chi connectivity index (χ4n) is 2.27. The first-order valence-electron chi connectivity index (χ1n) is 6.70. The lowest BCUT2D eigenvalue weighted by atomic mass is 10.0. The van der Waals surface area contributed by atoms with Crippen LogP contribution in [0.15, 0.2) is 0 Å². The summed E-state index contributed by atoms with van der Waals surface area (Å²) in [7, 11) is 0. The molecule has 0 unspecified atom stereocenters. The van der Waals surface area contributed by atoms with Gasteiger partial charge in [-0.05, 0) is 19.8 Å². The number of carbonyl (C=O) groups is 2. The molecule has 1 aliphatic rings. The van der Waals surface area contributed by atoms with E-state index < -0.39 is 0 Å². The zero-order valence-electron chi connectivity index (χ0n) is 10.6. The van der Waals surface area contributed by atoms with Crippen molar-refractivity contribution in [2.24, 2.45) is 11.8 Å². The highest BCUT2D eigenvalue weighted by Crippen LogP contribution is 2.40. The van der Waals surface area contributed by atoms with Crippen LogP contribution in [0.5, 0.6) is 0 Å². The van der Waals surface area contributed by atoms with Gasteiger partial charge < -0.3 is 0 Å². The van der Waals surface area contributed by atoms with Gasteiger partial charge >= 0.3 is 0 Å². The number of hydrogen-bond acceptors (Lipinski definition) is 2. The first-order chi connectivity index (χ1) is 7.66. The van der Waals surface area contributed by atoms with E-state index in [-0.39, 0.29) is 17.6 Å². The molecule has 92 valence electrons. The standard InChI is InChI=1S/C14H24O2/c1-3-4-5-6-7-8-9-14(16)13-10-12(13)11(2)15/h12-13H,3-10H2,1-2H3/t12-,13-/m0/s1. The highest BCUT2D eigenvalue weighted by atomic mass is 16.1. The van der Waals surface area contributed by atoms with Gasteiger partial charge in [0.2, 0.25) is 0 Å². The summed E-state index contributed by atoms with van der Waals surface area (Å²) in [5.41, 5.74) is 0. The Hall–Kier alpha value is -0.660. The van der Waals surface area contributed by atoms with Crippen LogP contribution in [0.2, 0.25) is 0 Å². The van der Waals surface area contributed by atoms with Gasteiger partial charge in [-0.1, -0.05) is 39.0 Å². The summed E-state index contributed by atoms with van der Waals surface area (Å²) in [5, 5.41) is 0. The summed E-state index contributed by atoms with van der Waals surface area (Å²) in [4.78, 5) is 22.7. The highest BCUT2D eigenvalue weighted by molar-refractivity contribution is 5.93. The Balaban J connectivity index is 1.98. The summed E-state index contributed by atoms with van der Waals surface area (Å²) in [5.74, 6) is 0.692. The number of Topliss-reactive ketones (excluding diaryl/α,β-unsaturated/α-hetero) is 2. The SMILES string of the molecule is CCCCCCCCC(=O)[C@H]1C[C@H]1C(C)=O. The molecule has 0 aromatic heterocycles. The Morgan fingerprint density at radius 2 is 1.62 bits per heavy atom. The van der Waals surface area contributed by atoms with Crippen LogP contribution in [0.3, 0.4) is 0 Å². The zero-order valence-corrected chi connectivity index (χ0v) is 10.6. The molecule has 0 aromatic carbocycles. The fourth-order valence-corrected chi connectivity index (χ4v) is 2.27. The topological polar surface area (TPSA) is 34.1 Å². The molecule has 0 radical (unpaired) electrons. The van der Waals surface area contributed by atoms with Crippen molar-refractivity contribution in [1.82, 2.24) is 0 Å². The van der Waals surface area contributed by atoms with Crippen LogP contribution in [0, 0.1) is 11.8 Å². The number of ketones is 2. The average Bonchev–Trinajstić information content (AvgIpc) is 3.02. The average molecular weight is 224 g/mol. The molecule has 0 heterocycles. The maximum Gasteiger partial charge on any atom is 0.136 e. The third kappa shape index (κ3) is 4.46. The minimum absolute atomic E-state index is 0.0765. The molecule has 0 spiro atoms. The van der Waals surface area contributed by atoms with E-state index in [9.17, 15) is 9.59 Å². The molecule has 0 saturated heterocycles. The Morgan fingerprint density at radius 3 is 2.19 bits per heavy atom. The molecule has 0 aromatic rings. The van der Waals surface area contributed by atoms with E-state index in [0.717, 1.165) is 12.8 Å². The molecular formula is C14H24O2. The monoisotopic (exact) mass is 224 g/mol. The second-order valence-corrected chi connectivity index (χ2v) is 5.04. The van der Waals surface area contributed by atoms with Gasteiger partial charge in [0.25, 0.3) is 0 Å². The van der Waals surface area contributed by atoms with E-state index in [1.165, 1.54) is 32.1 Å². The van der Waals surface area contributed by atoms with Gasteiger partial charge in [0, 0.05) is 18.3 Å². The molecule has 1 saturated carbocycles. The van der Waals surface area contributed by atoms with E-state index in [4.69, 9.17) is 0 Å². The second-order valence-electron chi connectivity index (χ2n) is 5.04. The van der Waals surface area contributed by atoms with E-state index >= 15 is 0 Å². The van der Waals surface area contributed by atoms with Crippen molar-refractivity contribution in [3.8, 4) is 0 Å². The minimum atomic E-state index is 0.0765. The predicted molar refractivity (Wildman–Crippen MR) is 65.3 cm³/mol. The Labute approximate surface area is 98.8 Å². The van der Waals surface area contributed by atoms with Gasteiger partial charge in [-0.15, -0.1) is 0 Å². The molecule has 2 atom stereocenters. The first-order valence-corrected chi connectivity index (χ1v) is 6.70. The Morgan fingerprint density at radius 1 is 1.00 bits per heavy atom. The molecule has 0 amide bonds. The molecule has 2 heteroatoms. The largest absolute Gasteiger partial charge is 0.300 e. The molecule has 16 heavy (non-hydrogen) atoms. The van der Waals surface area contributed by atoms with Crippen LogP contribution >= 0.6 is 0 Å². The summed E-state index contributed by atoms with van der Waals surface area (Å²) < 4.78 is 0. The van der Waals surface area contributed by atoms with Gasteiger partial charge in [-0.2, -0.15) is 0 Å². The Bertz CT molecular complexity index is 245. The number of unbranched alkanes of at least 4 members (excludes halogenated alkanes) is 5. The lowest BCUT2D eigenvalue weighted by Crippen LogP contribution is -2.05. The van der Waals surface area contributed by atoms with Crippen molar-refractivity contribution in [3.63, 3.8) is 0 Å². The highest BCUT2D eigenvalue weighted by Gasteiger charge is 2.44. The van der Waals surface area contributed by atoms with Crippen molar-refractivity contribution in [2.45, 2.75) is 65.2 Å². The summed E-state index contributed by atoms with van der Waals surface area (Å²) in [6.07, 6.45) is 8.83. The predicted octanol–water partition coefficient (Wildman–Crippen LogP) is 3.53. The van der Waals surface area contributed by atoms with Crippen LogP contribution in [-0.2, 0) is 9.59 Å². The maximum absolute atomic E-state index is 11.7. The number of hydrogen-bond donors (Lipinski definition) is 0. The number of carbonyl (C=O) groups excluding carboxylic acids is 2. The summed E-state index contributed by atoms with van der Waals surface area (Å²) in [6.45, 7) is 3.81. The normalized spacial score (nSPS) is 23.1. The molecular weight excluding hydrogens is 200 g/mol. The fraction of sp³-hybridized carbons (Fsp3) is 0.857. The van der Waals surface area contributed by atoms with E-state index in [2.05, 4.69) is 6.92 Å². The van der Waals surface area contributed by atoms with Crippen LogP contribution in [0.25, 0.3) is 0 Å². The molecule has 2 nitrogen and oxygen atoms in total. The third-order valence-electron chi connectivity index (χ3n) is 3.50. The van der Waals surface area contributed by atoms with Crippen molar-refractivity contribution in [3.05, 3.63) is 0 Å². The van der Waals surface area contributed by atoms with E-state index in [1.54, 1.807) is 6.92 Å². The first kappa shape index (κ1) is 13.4. The van der Waals surface area contributed by atoms with Gasteiger partial charge in [0.15, 0.2) is 0 Å². The van der Waals surface area contributed by atoms with Crippen molar-refractivity contribution in [1.29, 1.82) is 0 Å². The van der Waals surface area contributed by atoms with Gasteiger partial charge in [-0.3, -0.25) is 9.59 Å². The lowest BCUT2D eigenvalue weighted by molar-refractivity contribution is -0.124. The number of rotatable bonds is 9. The molecule has 0 N–H and O–H groups in total. The van der Waals surface area contributed by atoms with Gasteiger partial charge in [-0.25, -0.2) is 0 Å². The van der Waals surface area contributed by atoms with Crippen LogP contribution in [-0.4, -0.2) is 11.6 Å². The van der Waals surface area contributed by atoms with Crippen LogP contribution in [0.4, 0.5) is 0 Å². The summed E-state index contributed by atoms with van der Waals surface area (Å²) in [6, 6.07) is 0. The van der Waals surface area contributed by atoms with Crippen molar-refractivity contribution < 1.29 is 9.59 Å². The maximum atomic E-state index is 11.7. The molecule has 1 rings (SSSR count). The van der Waals surface area contributed by atoms with Crippen LogP contribution < -0.4 is 0 Å². The quantitative estimate of drug-likeness (QED) is 0.561. The molecule has 1 fully saturated rings. The molecule has 0 bridgehead atoms. The summed E-state index contributed by atoms with van der Waals surface area (Å²) >= 11 is 0. The van der Waals surface area contributed by atoms with Gasteiger partial charge in [0.1, 0.15) is 11.6 Å². The third-order valence-corrected chi connectivity index (χ3v) is 3.50. The van der Waals surface area contributed by atoms with Crippen molar-refractivity contribution >= 4 is 11.6 Å².